The molecular formula is C18H20F2N2O3S. The van der Waals surface area contributed by atoms with Crippen LogP contribution in [0.15, 0.2) is 36.4 Å². The maximum absolute atomic E-state index is 13.7. The molecule has 0 spiro atoms. The Hall–Kier alpha value is -2.03. The maximum atomic E-state index is 13.7. The van der Waals surface area contributed by atoms with Crippen LogP contribution in [0.5, 0.6) is 0 Å². The molecule has 5 nitrogen and oxygen atoms in total. The Kier molecular flexibility index (Phi) is 5.01. The second kappa shape index (κ2) is 6.94. The number of likely N-dealkylation sites (N-methyl/N-ethyl adjacent to an activating group) is 1. The van der Waals surface area contributed by atoms with Crippen LogP contribution in [0.25, 0.3) is 21.8 Å². The van der Waals surface area contributed by atoms with Crippen LogP contribution < -0.4 is 0 Å². The fourth-order valence-corrected chi connectivity index (χ4v) is 4.16. The molecule has 0 bridgehead atoms. The van der Waals surface area contributed by atoms with E-state index in [0.717, 1.165) is 6.26 Å². The van der Waals surface area contributed by atoms with Crippen molar-refractivity contribution in [2.45, 2.75) is 19.6 Å². The molecule has 0 radical (unpaired) electrons. The van der Waals surface area contributed by atoms with Gasteiger partial charge in [0.05, 0.1) is 24.4 Å². The highest BCUT2D eigenvalue weighted by atomic mass is 32.2. The van der Waals surface area contributed by atoms with Crippen LogP contribution in [0.2, 0.25) is 0 Å². The number of benzene rings is 2. The lowest BCUT2D eigenvalue weighted by molar-refractivity contribution is 0.132. The fourth-order valence-electron chi connectivity index (χ4n) is 3.24. The highest BCUT2D eigenvalue weighted by Gasteiger charge is 2.21. The lowest BCUT2D eigenvalue weighted by atomic mass is 10.1. The molecule has 2 aromatic carbocycles. The minimum atomic E-state index is -3.43. The van der Waals surface area contributed by atoms with Crippen LogP contribution in [-0.2, 0) is 16.6 Å². The molecule has 0 amide bonds. The molecule has 0 aliphatic rings. The summed E-state index contributed by atoms with van der Waals surface area (Å²) in [6.07, 6.45) is 0.0822. The largest absolute Gasteiger partial charge is 0.390 e. The number of halogens is 2. The molecule has 140 valence electrons. The summed E-state index contributed by atoms with van der Waals surface area (Å²) >= 11 is 0. The molecule has 3 rings (SSSR count). The maximum Gasteiger partial charge on any atom is 0.211 e. The first kappa shape index (κ1) is 18.8. The Labute approximate surface area is 150 Å². The molecule has 0 aliphatic heterocycles. The van der Waals surface area contributed by atoms with Crippen molar-refractivity contribution in [3.8, 4) is 0 Å². The predicted molar refractivity (Wildman–Crippen MR) is 97.5 cm³/mol. The van der Waals surface area contributed by atoms with Gasteiger partial charge >= 0.3 is 0 Å². The molecule has 0 saturated heterocycles. The summed E-state index contributed by atoms with van der Waals surface area (Å²) in [4.78, 5) is 0. The van der Waals surface area contributed by atoms with Crippen molar-refractivity contribution in [1.29, 1.82) is 0 Å². The Morgan fingerprint density at radius 1 is 1.08 bits per heavy atom. The number of aliphatic hydroxyl groups is 1. The lowest BCUT2D eigenvalue weighted by Crippen LogP contribution is -2.38. The van der Waals surface area contributed by atoms with E-state index in [-0.39, 0.29) is 19.6 Å². The van der Waals surface area contributed by atoms with Crippen LogP contribution in [-0.4, -0.2) is 47.8 Å². The molecule has 3 aromatic rings. The zero-order valence-electron chi connectivity index (χ0n) is 14.5. The average molecular weight is 382 g/mol. The van der Waals surface area contributed by atoms with E-state index in [1.807, 2.05) is 0 Å². The van der Waals surface area contributed by atoms with E-state index >= 15 is 0 Å². The van der Waals surface area contributed by atoms with Gasteiger partial charge in [-0.25, -0.2) is 17.2 Å². The van der Waals surface area contributed by atoms with Gasteiger partial charge in [-0.05, 0) is 36.4 Å². The fraction of sp³-hybridized carbons (Fsp3) is 0.333. The van der Waals surface area contributed by atoms with Crippen molar-refractivity contribution in [1.82, 2.24) is 8.87 Å². The van der Waals surface area contributed by atoms with Gasteiger partial charge in [-0.15, -0.1) is 0 Å². The Bertz CT molecular complexity index is 1060. The van der Waals surface area contributed by atoms with Gasteiger partial charge in [-0.3, -0.25) is 0 Å². The molecule has 8 heteroatoms. The van der Waals surface area contributed by atoms with E-state index < -0.39 is 27.8 Å². The van der Waals surface area contributed by atoms with Crippen molar-refractivity contribution >= 4 is 31.8 Å². The third-order valence-corrected chi connectivity index (χ3v) is 5.76. The van der Waals surface area contributed by atoms with Crippen molar-refractivity contribution < 1.29 is 22.3 Å². The van der Waals surface area contributed by atoms with E-state index in [1.165, 1.54) is 28.6 Å². The third-order valence-electron chi connectivity index (χ3n) is 4.42. The molecular weight excluding hydrogens is 362 g/mol. The minimum Gasteiger partial charge on any atom is -0.390 e. The van der Waals surface area contributed by atoms with Crippen LogP contribution in [0.3, 0.4) is 0 Å². The summed E-state index contributed by atoms with van der Waals surface area (Å²) in [6, 6.07) is 8.44. The first-order valence-electron chi connectivity index (χ1n) is 8.21. The SMILES string of the molecule is CCN(CC(O)Cn1c2ccc(F)cc2c2ccc(F)cc21)S(C)(=O)=O. The second-order valence-electron chi connectivity index (χ2n) is 6.30. The molecule has 0 fully saturated rings. The number of aromatic nitrogens is 1. The summed E-state index contributed by atoms with van der Waals surface area (Å²) in [6.45, 7) is 1.91. The van der Waals surface area contributed by atoms with Crippen LogP contribution in [0.4, 0.5) is 8.78 Å². The van der Waals surface area contributed by atoms with Crippen molar-refractivity contribution in [3.63, 3.8) is 0 Å². The highest BCUT2D eigenvalue weighted by molar-refractivity contribution is 7.88. The molecule has 0 aliphatic carbocycles. The lowest BCUT2D eigenvalue weighted by Gasteiger charge is -2.22. The first-order chi connectivity index (χ1) is 12.2. The summed E-state index contributed by atoms with van der Waals surface area (Å²) in [5.41, 5.74) is 1.17. The summed E-state index contributed by atoms with van der Waals surface area (Å²) < 4.78 is 53.7. The van der Waals surface area contributed by atoms with E-state index in [1.54, 1.807) is 23.6 Å². The number of hydrogen-bond acceptors (Lipinski definition) is 3. The second-order valence-corrected chi connectivity index (χ2v) is 8.28. The van der Waals surface area contributed by atoms with Gasteiger partial charge in [0.15, 0.2) is 0 Å². The van der Waals surface area contributed by atoms with Gasteiger partial charge in [0.25, 0.3) is 0 Å². The van der Waals surface area contributed by atoms with E-state index in [0.29, 0.717) is 21.8 Å². The molecule has 1 N–H and O–H groups in total. The standard InChI is InChI=1S/C18H20F2N2O3S/c1-3-21(26(2,24)25)10-14(23)11-22-17-7-5-12(19)8-16(17)15-6-4-13(20)9-18(15)22/h4-9,14,23H,3,10-11H2,1-2H3. The van der Waals surface area contributed by atoms with Crippen molar-refractivity contribution in [2.75, 3.05) is 19.3 Å². The summed E-state index contributed by atoms with van der Waals surface area (Å²) in [7, 11) is -3.43. The van der Waals surface area contributed by atoms with E-state index in [4.69, 9.17) is 0 Å². The van der Waals surface area contributed by atoms with Gasteiger partial charge in [-0.2, -0.15) is 4.31 Å². The smallest absolute Gasteiger partial charge is 0.211 e. The molecule has 26 heavy (non-hydrogen) atoms. The van der Waals surface area contributed by atoms with Crippen molar-refractivity contribution in [2.24, 2.45) is 0 Å². The quantitative estimate of drug-likeness (QED) is 0.713. The van der Waals surface area contributed by atoms with Gasteiger partial charge in [-0.1, -0.05) is 6.92 Å². The monoisotopic (exact) mass is 382 g/mol. The van der Waals surface area contributed by atoms with Crippen molar-refractivity contribution in [3.05, 3.63) is 48.0 Å². The number of fused-ring (bicyclic) bond motifs is 3. The van der Waals surface area contributed by atoms with Crippen LogP contribution in [0.1, 0.15) is 6.92 Å². The van der Waals surface area contributed by atoms with Crippen LogP contribution in [0, 0.1) is 11.6 Å². The van der Waals surface area contributed by atoms with E-state index in [9.17, 15) is 22.3 Å². The topological polar surface area (TPSA) is 62.5 Å². The highest BCUT2D eigenvalue weighted by Crippen LogP contribution is 2.30. The molecule has 1 heterocycles. The average Bonchev–Trinajstić information content (AvgIpc) is 2.84. The molecule has 0 saturated carbocycles. The summed E-state index contributed by atoms with van der Waals surface area (Å²) in [5.74, 6) is -0.849. The van der Waals surface area contributed by atoms with Crippen LogP contribution >= 0.6 is 0 Å². The van der Waals surface area contributed by atoms with Gasteiger partial charge < -0.3 is 9.67 Å². The van der Waals surface area contributed by atoms with Gasteiger partial charge in [0.1, 0.15) is 11.6 Å². The van der Waals surface area contributed by atoms with E-state index in [2.05, 4.69) is 0 Å². The molecule has 1 atom stereocenters. The molecule has 1 unspecified atom stereocenters. The van der Waals surface area contributed by atoms with Gasteiger partial charge in [0, 0.05) is 29.4 Å². The Morgan fingerprint density at radius 3 is 2.38 bits per heavy atom. The third kappa shape index (κ3) is 3.58. The number of hydrogen-bond donors (Lipinski definition) is 1. The number of sulfonamides is 1. The van der Waals surface area contributed by atoms with Gasteiger partial charge in [0.2, 0.25) is 10.0 Å². The zero-order chi connectivity index (χ0) is 19.1. The normalized spacial score (nSPS) is 13.8. The minimum absolute atomic E-state index is 0.0567. The predicted octanol–water partition coefficient (Wildman–Crippen LogP) is 2.72. The molecule has 1 aromatic heterocycles. The number of rotatable bonds is 6. The Morgan fingerprint density at radius 2 is 1.73 bits per heavy atom. The first-order valence-corrected chi connectivity index (χ1v) is 10.1. The number of nitrogens with zero attached hydrogens (tertiary/aromatic N) is 2. The Balaban J connectivity index is 2.04. The zero-order valence-corrected chi connectivity index (χ0v) is 15.3. The number of aliphatic hydroxyl groups excluding tert-OH is 1. The summed E-state index contributed by atoms with van der Waals surface area (Å²) in [5, 5.41) is 11.7.